The molecule has 34 heavy (non-hydrogen) atoms. The van der Waals surface area contributed by atoms with E-state index in [1.807, 2.05) is 44.2 Å². The van der Waals surface area contributed by atoms with Crippen LogP contribution < -0.4 is 9.47 Å². The number of amidine groups is 2. The lowest BCUT2D eigenvalue weighted by Gasteiger charge is -2.20. The Morgan fingerprint density at radius 2 is 1.91 bits per heavy atom. The van der Waals surface area contributed by atoms with E-state index in [4.69, 9.17) is 14.9 Å². The Morgan fingerprint density at radius 3 is 2.59 bits per heavy atom. The Morgan fingerprint density at radius 1 is 1.18 bits per heavy atom. The number of ether oxygens (including phenoxy) is 2. The highest BCUT2D eigenvalue weighted by atomic mass is 32.2. The number of nitrogens with zero attached hydrogens (tertiary/aromatic N) is 3. The number of hydrogen-bond donors (Lipinski definition) is 1. The Bertz CT molecular complexity index is 1230. The molecule has 1 amide bonds. The standard InChI is InChI=1S/C23H19F3N4O3S/c1-3-32-18-12-14(9-10-17(18)33-13(2)15-7-5-4-6-8-15)11-16-19(27)30-22(28-20(16)31)34-21(29-30)23(24,25)26/h4-13,27H,3H2,1-2H3/b16-11+,27-19?. The molecule has 2 aromatic rings. The average Bonchev–Trinajstić information content (AvgIpc) is 3.24. The third kappa shape index (κ3) is 4.84. The van der Waals surface area contributed by atoms with E-state index in [0.29, 0.717) is 28.7 Å². The van der Waals surface area contributed by atoms with Crippen molar-refractivity contribution >= 4 is 39.8 Å². The summed E-state index contributed by atoms with van der Waals surface area (Å²) in [6, 6.07) is 14.6. The second-order valence-corrected chi connectivity index (χ2v) is 8.19. The molecular weight excluding hydrogens is 469 g/mol. The Hall–Kier alpha value is -3.60. The highest BCUT2D eigenvalue weighted by Gasteiger charge is 2.46. The van der Waals surface area contributed by atoms with Gasteiger partial charge >= 0.3 is 6.18 Å². The minimum absolute atomic E-state index is 0.190. The summed E-state index contributed by atoms with van der Waals surface area (Å²) in [7, 11) is 0. The molecule has 0 fully saturated rings. The van der Waals surface area contributed by atoms with E-state index in [9.17, 15) is 18.0 Å². The highest BCUT2D eigenvalue weighted by Crippen LogP contribution is 2.36. The molecule has 2 aromatic carbocycles. The lowest BCUT2D eigenvalue weighted by Crippen LogP contribution is -2.35. The van der Waals surface area contributed by atoms with Gasteiger partial charge in [-0.1, -0.05) is 36.4 Å². The van der Waals surface area contributed by atoms with Crippen LogP contribution in [0.25, 0.3) is 6.08 Å². The molecule has 176 valence electrons. The molecule has 0 aliphatic carbocycles. The van der Waals surface area contributed by atoms with Crippen LogP contribution in [0.5, 0.6) is 11.5 Å². The number of hydrazone groups is 1. The van der Waals surface area contributed by atoms with Crippen molar-refractivity contribution in [2.45, 2.75) is 26.1 Å². The Labute approximate surface area is 197 Å². The topological polar surface area (TPSA) is 87.3 Å². The maximum atomic E-state index is 13.0. The molecule has 1 unspecified atom stereocenters. The summed E-state index contributed by atoms with van der Waals surface area (Å²) in [5.41, 5.74) is 1.28. The molecule has 11 heteroatoms. The van der Waals surface area contributed by atoms with Gasteiger partial charge in [0.2, 0.25) is 10.2 Å². The average molecular weight is 488 g/mol. The van der Waals surface area contributed by atoms with Crippen molar-refractivity contribution in [2.24, 2.45) is 10.1 Å². The first kappa shape index (κ1) is 23.6. The fourth-order valence-corrected chi connectivity index (χ4v) is 3.99. The number of carbonyl (C=O) groups is 1. The quantitative estimate of drug-likeness (QED) is 0.550. The molecule has 0 bridgehead atoms. The van der Waals surface area contributed by atoms with Gasteiger partial charge in [0.1, 0.15) is 6.10 Å². The second kappa shape index (κ2) is 9.34. The number of alkyl halides is 3. The van der Waals surface area contributed by atoms with Crippen molar-refractivity contribution < 1.29 is 27.4 Å². The van der Waals surface area contributed by atoms with Crippen LogP contribution in [0.3, 0.4) is 0 Å². The Kier molecular flexibility index (Phi) is 6.47. The van der Waals surface area contributed by atoms with E-state index in [1.165, 1.54) is 6.08 Å². The maximum absolute atomic E-state index is 13.0. The second-order valence-electron chi connectivity index (χ2n) is 7.23. The largest absolute Gasteiger partial charge is 0.490 e. The number of aliphatic imine (C=N–C) groups is 1. The summed E-state index contributed by atoms with van der Waals surface area (Å²) >= 11 is 0.208. The summed E-state index contributed by atoms with van der Waals surface area (Å²) in [5.74, 6) is -0.398. The third-order valence-electron chi connectivity index (χ3n) is 4.85. The van der Waals surface area contributed by atoms with Crippen molar-refractivity contribution in [3.8, 4) is 11.5 Å². The Balaban J connectivity index is 1.61. The van der Waals surface area contributed by atoms with Crippen LogP contribution in [-0.2, 0) is 4.79 Å². The number of thioether (sulfide) groups is 1. The predicted octanol–water partition coefficient (Wildman–Crippen LogP) is 5.41. The van der Waals surface area contributed by atoms with E-state index in [0.717, 1.165) is 5.56 Å². The minimum Gasteiger partial charge on any atom is -0.490 e. The van der Waals surface area contributed by atoms with Crippen molar-refractivity contribution in [3.05, 3.63) is 65.2 Å². The van der Waals surface area contributed by atoms with Crippen LogP contribution in [0.1, 0.15) is 31.1 Å². The van der Waals surface area contributed by atoms with Crippen LogP contribution in [-0.4, -0.2) is 39.7 Å². The zero-order chi connectivity index (χ0) is 24.5. The number of rotatable bonds is 6. The predicted molar refractivity (Wildman–Crippen MR) is 124 cm³/mol. The van der Waals surface area contributed by atoms with E-state index in [-0.39, 0.29) is 28.6 Å². The molecule has 2 heterocycles. The van der Waals surface area contributed by atoms with Crippen LogP contribution >= 0.6 is 11.8 Å². The lowest BCUT2D eigenvalue weighted by atomic mass is 10.1. The van der Waals surface area contributed by atoms with Crippen molar-refractivity contribution in [1.29, 1.82) is 5.41 Å². The van der Waals surface area contributed by atoms with Crippen molar-refractivity contribution in [3.63, 3.8) is 0 Å². The van der Waals surface area contributed by atoms with Gasteiger partial charge in [0.25, 0.3) is 5.91 Å². The zero-order valence-electron chi connectivity index (χ0n) is 18.1. The van der Waals surface area contributed by atoms with Crippen molar-refractivity contribution in [1.82, 2.24) is 5.01 Å². The molecule has 1 atom stereocenters. The normalized spacial score (nSPS) is 17.9. The van der Waals surface area contributed by atoms with Gasteiger partial charge in [-0.05, 0) is 54.9 Å². The number of hydrogen-bond acceptors (Lipinski definition) is 6. The van der Waals surface area contributed by atoms with Gasteiger partial charge in [-0.2, -0.15) is 28.3 Å². The van der Waals surface area contributed by atoms with Gasteiger partial charge in [0.15, 0.2) is 17.3 Å². The monoisotopic (exact) mass is 488 g/mol. The first-order chi connectivity index (χ1) is 16.2. The lowest BCUT2D eigenvalue weighted by molar-refractivity contribution is -0.114. The number of carbonyl (C=O) groups excluding carboxylic acids is 1. The summed E-state index contributed by atoms with van der Waals surface area (Å²) < 4.78 is 50.7. The van der Waals surface area contributed by atoms with Crippen LogP contribution in [0.2, 0.25) is 0 Å². The van der Waals surface area contributed by atoms with Gasteiger partial charge in [0.05, 0.1) is 12.2 Å². The van der Waals surface area contributed by atoms with Crippen LogP contribution in [0.4, 0.5) is 13.2 Å². The summed E-state index contributed by atoms with van der Waals surface area (Å²) in [6.45, 7) is 4.08. The molecular formula is C23H19F3N4O3S. The minimum atomic E-state index is -4.70. The molecule has 7 nitrogen and oxygen atoms in total. The molecule has 2 aliphatic rings. The number of nitrogens with one attached hydrogen (secondary N) is 1. The molecule has 0 spiro atoms. The molecule has 0 saturated carbocycles. The van der Waals surface area contributed by atoms with Gasteiger partial charge in [-0.15, -0.1) is 0 Å². The first-order valence-corrected chi connectivity index (χ1v) is 11.0. The van der Waals surface area contributed by atoms with Gasteiger partial charge in [-0.3, -0.25) is 10.2 Å². The number of fused-ring (bicyclic) bond motifs is 1. The zero-order valence-corrected chi connectivity index (χ0v) is 18.9. The molecule has 1 N–H and O–H groups in total. The van der Waals surface area contributed by atoms with Crippen LogP contribution in [0.15, 0.2) is 64.2 Å². The fraction of sp³-hybridized carbons (Fsp3) is 0.217. The summed E-state index contributed by atoms with van der Waals surface area (Å²) in [6.07, 6.45) is -3.58. The van der Waals surface area contributed by atoms with Gasteiger partial charge in [-0.25, -0.2) is 0 Å². The third-order valence-corrected chi connectivity index (χ3v) is 5.80. The molecule has 2 aliphatic heterocycles. The SMILES string of the molecule is CCOc1cc(/C=C2\C(=N)N3N=C(C(F)(F)F)SC3=NC2=O)ccc1OC(C)c1ccccc1. The highest BCUT2D eigenvalue weighted by molar-refractivity contribution is 8.27. The van der Waals surface area contributed by atoms with Gasteiger partial charge < -0.3 is 9.47 Å². The maximum Gasteiger partial charge on any atom is 0.441 e. The first-order valence-electron chi connectivity index (χ1n) is 10.2. The van der Waals surface area contributed by atoms with Gasteiger partial charge in [0, 0.05) is 0 Å². The van der Waals surface area contributed by atoms with Crippen LogP contribution in [0, 0.1) is 5.41 Å². The molecule has 0 saturated heterocycles. The summed E-state index contributed by atoms with van der Waals surface area (Å²) in [5, 5.41) is 10.9. The molecule has 0 radical (unpaired) electrons. The fourth-order valence-electron chi connectivity index (χ4n) is 3.24. The van der Waals surface area contributed by atoms with E-state index in [1.54, 1.807) is 18.2 Å². The van der Waals surface area contributed by atoms with E-state index >= 15 is 0 Å². The number of amides is 1. The molecule has 0 aromatic heterocycles. The summed E-state index contributed by atoms with van der Waals surface area (Å²) in [4.78, 5) is 16.1. The van der Waals surface area contributed by atoms with E-state index in [2.05, 4.69) is 10.1 Å². The smallest absolute Gasteiger partial charge is 0.441 e. The molecule has 4 rings (SSSR count). The van der Waals surface area contributed by atoms with Crippen molar-refractivity contribution in [2.75, 3.05) is 6.61 Å². The van der Waals surface area contributed by atoms with E-state index < -0.39 is 23.0 Å². The number of halogens is 3. The number of benzene rings is 2.